The highest BCUT2D eigenvalue weighted by Crippen LogP contribution is 2.40. The summed E-state index contributed by atoms with van der Waals surface area (Å²) in [4.78, 5) is 3.53. The van der Waals surface area contributed by atoms with Gasteiger partial charge in [0.25, 0.3) is 0 Å². The van der Waals surface area contributed by atoms with Crippen molar-refractivity contribution in [3.63, 3.8) is 0 Å². The van der Waals surface area contributed by atoms with Crippen molar-refractivity contribution in [1.82, 2.24) is 25.2 Å². The van der Waals surface area contributed by atoms with Crippen molar-refractivity contribution in [2.24, 2.45) is 0 Å². The molecule has 106 valence electrons. The highest BCUT2D eigenvalue weighted by atomic mass is 32.2. The van der Waals surface area contributed by atoms with Crippen LogP contribution in [-0.4, -0.2) is 25.2 Å². The van der Waals surface area contributed by atoms with E-state index in [-0.39, 0.29) is 16.6 Å². The second-order valence-electron chi connectivity index (χ2n) is 4.34. The molecular formula is C10H9F3N6S. The van der Waals surface area contributed by atoms with Crippen LogP contribution in [0.5, 0.6) is 0 Å². The predicted molar refractivity (Wildman–Crippen MR) is 63.9 cm³/mol. The molecule has 1 fully saturated rings. The van der Waals surface area contributed by atoms with Gasteiger partial charge in [0.15, 0.2) is 0 Å². The molecule has 1 saturated carbocycles. The van der Waals surface area contributed by atoms with E-state index in [0.29, 0.717) is 5.16 Å². The Morgan fingerprint density at radius 2 is 2.10 bits per heavy atom. The van der Waals surface area contributed by atoms with Crippen molar-refractivity contribution in [2.45, 2.75) is 35.1 Å². The van der Waals surface area contributed by atoms with E-state index in [9.17, 15) is 13.2 Å². The van der Waals surface area contributed by atoms with E-state index >= 15 is 0 Å². The fraction of sp³-hybridized carbons (Fsp3) is 0.400. The molecule has 0 atom stereocenters. The first kappa shape index (κ1) is 13.2. The molecule has 1 aliphatic carbocycles. The van der Waals surface area contributed by atoms with E-state index in [1.165, 1.54) is 0 Å². The number of halogens is 3. The van der Waals surface area contributed by atoms with Gasteiger partial charge in [-0.25, -0.2) is 9.67 Å². The number of pyridine rings is 1. The summed E-state index contributed by atoms with van der Waals surface area (Å²) in [5.41, 5.74) is 4.84. The van der Waals surface area contributed by atoms with Crippen LogP contribution in [0, 0.1) is 0 Å². The van der Waals surface area contributed by atoms with Gasteiger partial charge in [0.05, 0.1) is 17.9 Å². The normalized spacial score (nSPS) is 15.6. The van der Waals surface area contributed by atoms with E-state index in [1.54, 1.807) is 4.68 Å². The lowest BCUT2D eigenvalue weighted by Crippen LogP contribution is -2.09. The average Bonchev–Trinajstić information content (AvgIpc) is 3.11. The summed E-state index contributed by atoms with van der Waals surface area (Å²) in [6.45, 7) is 0. The molecule has 3 rings (SSSR count). The molecule has 0 bridgehead atoms. The lowest BCUT2D eigenvalue weighted by Gasteiger charge is -2.09. The molecule has 0 unspecified atom stereocenters. The predicted octanol–water partition coefficient (Wildman–Crippen LogP) is 2.16. The fourth-order valence-corrected chi connectivity index (χ4v) is 2.48. The van der Waals surface area contributed by atoms with Gasteiger partial charge in [0.1, 0.15) is 5.69 Å². The van der Waals surface area contributed by atoms with Crippen molar-refractivity contribution >= 4 is 17.4 Å². The largest absolute Gasteiger partial charge is 0.433 e. The molecule has 6 nitrogen and oxygen atoms in total. The molecule has 0 spiro atoms. The number of aromatic nitrogens is 5. The Morgan fingerprint density at radius 1 is 1.35 bits per heavy atom. The molecule has 0 saturated heterocycles. The molecule has 0 aromatic carbocycles. The van der Waals surface area contributed by atoms with Crippen LogP contribution in [0.1, 0.15) is 24.6 Å². The lowest BCUT2D eigenvalue weighted by atomic mass is 10.3. The first-order chi connectivity index (χ1) is 9.45. The minimum absolute atomic E-state index is 0.161. The van der Waals surface area contributed by atoms with Gasteiger partial charge < -0.3 is 5.73 Å². The Morgan fingerprint density at radius 3 is 2.75 bits per heavy atom. The van der Waals surface area contributed by atoms with Crippen LogP contribution >= 0.6 is 11.8 Å². The van der Waals surface area contributed by atoms with Crippen molar-refractivity contribution in [3.8, 4) is 0 Å². The van der Waals surface area contributed by atoms with Crippen molar-refractivity contribution in [2.75, 3.05) is 5.73 Å². The molecule has 0 aliphatic heterocycles. The Labute approximate surface area is 115 Å². The Bertz CT molecular complexity index is 636. The number of alkyl halides is 3. The van der Waals surface area contributed by atoms with E-state index < -0.39 is 11.9 Å². The van der Waals surface area contributed by atoms with E-state index in [0.717, 1.165) is 36.9 Å². The standard InChI is InChI=1S/C10H9F3N6S/c11-10(12,13)8-3-7(6(14)4-15-8)20-9-16-17-18-19(9)5-1-2-5/h3-5H,1-2,14H2. The second kappa shape index (κ2) is 4.62. The topological polar surface area (TPSA) is 82.5 Å². The summed E-state index contributed by atoms with van der Waals surface area (Å²) in [5.74, 6) is 0. The van der Waals surface area contributed by atoms with Gasteiger partial charge in [-0.2, -0.15) is 13.2 Å². The summed E-state index contributed by atoms with van der Waals surface area (Å²) in [7, 11) is 0. The maximum absolute atomic E-state index is 12.6. The number of nitrogens with zero attached hydrogens (tertiary/aromatic N) is 5. The molecule has 1 aliphatic rings. The van der Waals surface area contributed by atoms with Gasteiger partial charge in [-0.05, 0) is 41.1 Å². The first-order valence-corrected chi connectivity index (χ1v) is 6.55. The van der Waals surface area contributed by atoms with Crippen LogP contribution in [0.25, 0.3) is 0 Å². The molecule has 0 amide bonds. The Kier molecular flexibility index (Phi) is 3.04. The zero-order valence-electron chi connectivity index (χ0n) is 10.0. The van der Waals surface area contributed by atoms with Crippen LogP contribution in [0.4, 0.5) is 18.9 Å². The zero-order valence-corrected chi connectivity index (χ0v) is 10.8. The highest BCUT2D eigenvalue weighted by molar-refractivity contribution is 7.99. The molecule has 20 heavy (non-hydrogen) atoms. The number of rotatable bonds is 3. The van der Waals surface area contributed by atoms with Crippen LogP contribution in [0.2, 0.25) is 0 Å². The van der Waals surface area contributed by atoms with Crippen LogP contribution in [-0.2, 0) is 6.18 Å². The van der Waals surface area contributed by atoms with Gasteiger partial charge in [-0.1, -0.05) is 0 Å². The van der Waals surface area contributed by atoms with Gasteiger partial charge in [-0.15, -0.1) is 5.10 Å². The molecule has 2 N–H and O–H groups in total. The van der Waals surface area contributed by atoms with Gasteiger partial charge in [0, 0.05) is 4.90 Å². The number of anilines is 1. The molecule has 10 heteroatoms. The van der Waals surface area contributed by atoms with Crippen molar-refractivity contribution in [3.05, 3.63) is 18.0 Å². The highest BCUT2D eigenvalue weighted by Gasteiger charge is 2.33. The second-order valence-corrected chi connectivity index (χ2v) is 5.35. The van der Waals surface area contributed by atoms with E-state index in [4.69, 9.17) is 5.73 Å². The average molecular weight is 302 g/mol. The van der Waals surface area contributed by atoms with E-state index in [2.05, 4.69) is 20.5 Å². The summed E-state index contributed by atoms with van der Waals surface area (Å²) in [6.07, 6.45) is -1.57. The van der Waals surface area contributed by atoms with Crippen molar-refractivity contribution < 1.29 is 13.2 Å². The molecule has 2 aromatic rings. The third kappa shape index (κ3) is 2.55. The fourth-order valence-electron chi connectivity index (χ4n) is 1.59. The lowest BCUT2D eigenvalue weighted by molar-refractivity contribution is -0.141. The molecular weight excluding hydrogens is 293 g/mol. The van der Waals surface area contributed by atoms with Crippen LogP contribution in [0.3, 0.4) is 0 Å². The minimum Gasteiger partial charge on any atom is -0.397 e. The SMILES string of the molecule is Nc1cnc(C(F)(F)F)cc1Sc1nnnn1C1CC1. The Hall–Kier alpha value is -1.84. The maximum atomic E-state index is 12.6. The number of nitrogen functional groups attached to an aromatic ring is 1. The molecule has 0 radical (unpaired) electrons. The van der Waals surface area contributed by atoms with Crippen LogP contribution in [0.15, 0.2) is 22.3 Å². The van der Waals surface area contributed by atoms with Crippen LogP contribution < -0.4 is 5.73 Å². The van der Waals surface area contributed by atoms with Gasteiger partial charge in [-0.3, -0.25) is 0 Å². The first-order valence-electron chi connectivity index (χ1n) is 5.73. The quantitative estimate of drug-likeness (QED) is 0.935. The van der Waals surface area contributed by atoms with Gasteiger partial charge in [0.2, 0.25) is 5.16 Å². The Balaban J connectivity index is 1.91. The number of tetrazole rings is 1. The van der Waals surface area contributed by atoms with E-state index in [1.807, 2.05) is 0 Å². The number of nitrogens with two attached hydrogens (primary N) is 1. The monoisotopic (exact) mass is 302 g/mol. The summed E-state index contributed by atoms with van der Waals surface area (Å²) >= 11 is 1.01. The molecule has 2 heterocycles. The summed E-state index contributed by atoms with van der Waals surface area (Å²) in [6, 6.07) is 1.14. The summed E-state index contributed by atoms with van der Waals surface area (Å²) in [5, 5.41) is 11.6. The minimum atomic E-state index is -4.51. The zero-order chi connectivity index (χ0) is 14.3. The summed E-state index contributed by atoms with van der Waals surface area (Å²) < 4.78 is 39.5. The van der Waals surface area contributed by atoms with Gasteiger partial charge >= 0.3 is 6.18 Å². The smallest absolute Gasteiger partial charge is 0.397 e. The molecule has 2 aromatic heterocycles. The number of hydrogen-bond donors (Lipinski definition) is 1. The third-order valence-electron chi connectivity index (χ3n) is 2.74. The third-order valence-corrected chi connectivity index (χ3v) is 3.77. The number of hydrogen-bond acceptors (Lipinski definition) is 6. The van der Waals surface area contributed by atoms with Crippen molar-refractivity contribution in [1.29, 1.82) is 0 Å². The maximum Gasteiger partial charge on any atom is 0.433 e.